The van der Waals surface area contributed by atoms with Crippen molar-refractivity contribution in [1.29, 1.82) is 5.26 Å². The second-order valence-electron chi connectivity index (χ2n) is 7.27. The minimum Gasteiger partial charge on any atom is -0.368 e. The molecule has 29 heavy (non-hydrogen) atoms. The molecule has 2 aromatic rings. The first-order chi connectivity index (χ1) is 13.7. The topological polar surface area (TPSA) is 59.3 Å². The van der Waals surface area contributed by atoms with Crippen LogP contribution in [-0.2, 0) is 6.18 Å². The van der Waals surface area contributed by atoms with Gasteiger partial charge in [0.05, 0.1) is 16.8 Å². The Hall–Kier alpha value is -3.02. The maximum absolute atomic E-state index is 13.3. The number of benzene rings is 1. The summed E-state index contributed by atoms with van der Waals surface area (Å²) in [4.78, 5) is 14.5. The van der Waals surface area contributed by atoms with Crippen LogP contribution < -0.4 is 14.7 Å². The summed E-state index contributed by atoms with van der Waals surface area (Å²) in [5.41, 5.74) is -0.878. The summed E-state index contributed by atoms with van der Waals surface area (Å²) < 4.78 is 39.9. The van der Waals surface area contributed by atoms with Crippen molar-refractivity contribution in [3.05, 3.63) is 41.6 Å². The number of anilines is 3. The van der Waals surface area contributed by atoms with Crippen molar-refractivity contribution in [1.82, 2.24) is 9.97 Å². The van der Waals surface area contributed by atoms with Crippen LogP contribution in [0.4, 0.5) is 30.6 Å². The molecule has 0 amide bonds. The van der Waals surface area contributed by atoms with E-state index in [4.69, 9.17) is 0 Å². The first kappa shape index (κ1) is 20.7. The average molecular weight is 404 g/mol. The van der Waals surface area contributed by atoms with Crippen LogP contribution in [0.5, 0.6) is 0 Å². The van der Waals surface area contributed by atoms with Crippen LogP contribution in [0.15, 0.2) is 30.5 Å². The lowest BCUT2D eigenvalue weighted by Gasteiger charge is -2.39. The highest BCUT2D eigenvalue weighted by atomic mass is 19.4. The second-order valence-corrected chi connectivity index (χ2v) is 7.27. The van der Waals surface area contributed by atoms with Gasteiger partial charge in [0.1, 0.15) is 11.9 Å². The van der Waals surface area contributed by atoms with Crippen LogP contribution in [0.2, 0.25) is 0 Å². The highest BCUT2D eigenvalue weighted by Gasteiger charge is 2.36. The van der Waals surface area contributed by atoms with Crippen LogP contribution in [0.3, 0.4) is 0 Å². The van der Waals surface area contributed by atoms with E-state index in [1.807, 2.05) is 41.9 Å². The Balaban J connectivity index is 1.87. The van der Waals surface area contributed by atoms with Crippen LogP contribution in [0.25, 0.3) is 0 Å². The Morgan fingerprint density at radius 3 is 2.62 bits per heavy atom. The molecule has 0 aliphatic carbocycles. The number of hydrogen-bond acceptors (Lipinski definition) is 6. The lowest BCUT2D eigenvalue weighted by molar-refractivity contribution is -0.137. The molecule has 9 heteroatoms. The van der Waals surface area contributed by atoms with Crippen molar-refractivity contribution in [2.45, 2.75) is 25.1 Å². The minimum absolute atomic E-state index is 0.0507. The predicted octanol–water partition coefficient (Wildman–Crippen LogP) is 3.54. The second kappa shape index (κ2) is 8.15. The Bertz CT molecular complexity index is 906. The highest BCUT2D eigenvalue weighted by molar-refractivity contribution is 5.64. The van der Waals surface area contributed by atoms with Crippen LogP contribution in [0, 0.1) is 11.3 Å². The molecule has 1 aliphatic rings. The van der Waals surface area contributed by atoms with Gasteiger partial charge in [-0.1, -0.05) is 6.07 Å². The molecule has 1 fully saturated rings. The van der Waals surface area contributed by atoms with E-state index in [0.717, 1.165) is 24.7 Å². The summed E-state index contributed by atoms with van der Waals surface area (Å²) in [5, 5.41) is 9.42. The molecular formula is C20H23F3N6. The number of piperidine rings is 1. The summed E-state index contributed by atoms with van der Waals surface area (Å²) in [6, 6.07) is 7.54. The fraction of sp³-hybridized carbons (Fsp3) is 0.450. The Morgan fingerprint density at radius 1 is 1.21 bits per heavy atom. The van der Waals surface area contributed by atoms with Crippen LogP contribution >= 0.6 is 0 Å². The predicted molar refractivity (Wildman–Crippen MR) is 106 cm³/mol. The first-order valence-corrected chi connectivity index (χ1v) is 9.31. The zero-order chi connectivity index (χ0) is 21.2. The van der Waals surface area contributed by atoms with Gasteiger partial charge in [-0.05, 0) is 31.0 Å². The molecule has 1 aromatic carbocycles. The number of nitrogens with zero attached hydrogens (tertiary/aromatic N) is 6. The van der Waals surface area contributed by atoms with Gasteiger partial charge in [0.2, 0.25) is 5.95 Å². The number of nitriles is 1. The van der Waals surface area contributed by atoms with Gasteiger partial charge in [-0.15, -0.1) is 0 Å². The summed E-state index contributed by atoms with van der Waals surface area (Å²) in [5.74, 6) is 1.34. The lowest BCUT2D eigenvalue weighted by atomic mass is 10.00. The molecule has 6 nitrogen and oxygen atoms in total. The van der Waals surface area contributed by atoms with Gasteiger partial charge >= 0.3 is 6.18 Å². The number of aromatic nitrogens is 2. The normalized spacial score (nSPS) is 17.0. The van der Waals surface area contributed by atoms with Gasteiger partial charge in [-0.25, -0.2) is 4.98 Å². The maximum Gasteiger partial charge on any atom is 0.417 e. The van der Waals surface area contributed by atoms with Gasteiger partial charge in [0.15, 0.2) is 0 Å². The van der Waals surface area contributed by atoms with E-state index in [1.54, 1.807) is 18.3 Å². The van der Waals surface area contributed by atoms with Gasteiger partial charge < -0.3 is 14.7 Å². The molecule has 2 heterocycles. The van der Waals surface area contributed by atoms with Gasteiger partial charge in [-0.2, -0.15) is 23.4 Å². The molecule has 3 rings (SSSR count). The molecule has 1 aliphatic heterocycles. The minimum atomic E-state index is -4.56. The fourth-order valence-corrected chi connectivity index (χ4v) is 3.59. The summed E-state index contributed by atoms with van der Waals surface area (Å²) in [6.45, 7) is 1.11. The Kier molecular flexibility index (Phi) is 5.82. The number of hydrogen-bond donors (Lipinski definition) is 0. The molecule has 154 valence electrons. The average Bonchev–Trinajstić information content (AvgIpc) is 2.72. The third-order valence-corrected chi connectivity index (χ3v) is 5.13. The SMILES string of the molecule is CN(C)c1nccc(N(C)C2CCCN(c3cccc(C(F)(F)F)c3C#N)C2)n1. The van der Waals surface area contributed by atoms with E-state index in [2.05, 4.69) is 9.97 Å². The lowest BCUT2D eigenvalue weighted by Crippen LogP contribution is -2.47. The third-order valence-electron chi connectivity index (χ3n) is 5.13. The molecule has 1 saturated heterocycles. The van der Waals surface area contributed by atoms with Crippen molar-refractivity contribution >= 4 is 17.5 Å². The summed E-state index contributed by atoms with van der Waals surface area (Å²) in [7, 11) is 5.64. The van der Waals surface area contributed by atoms with E-state index in [-0.39, 0.29) is 11.6 Å². The molecule has 1 unspecified atom stereocenters. The first-order valence-electron chi connectivity index (χ1n) is 9.31. The van der Waals surface area contributed by atoms with Gasteiger partial charge in [0, 0.05) is 46.5 Å². The van der Waals surface area contributed by atoms with Crippen molar-refractivity contribution in [2.75, 3.05) is 48.9 Å². The summed E-state index contributed by atoms with van der Waals surface area (Å²) in [6.07, 6.45) is -1.18. The molecule has 0 spiro atoms. The van der Waals surface area contributed by atoms with E-state index in [9.17, 15) is 18.4 Å². The fourth-order valence-electron chi connectivity index (χ4n) is 3.59. The molecule has 1 aromatic heterocycles. The molecule has 0 N–H and O–H groups in total. The van der Waals surface area contributed by atoms with E-state index < -0.39 is 11.7 Å². The van der Waals surface area contributed by atoms with Gasteiger partial charge in [-0.3, -0.25) is 0 Å². The number of alkyl halides is 3. The third kappa shape index (κ3) is 4.36. The molecular weight excluding hydrogens is 381 g/mol. The Labute approximate surface area is 168 Å². The zero-order valence-corrected chi connectivity index (χ0v) is 16.6. The largest absolute Gasteiger partial charge is 0.417 e. The molecule has 0 saturated carbocycles. The zero-order valence-electron chi connectivity index (χ0n) is 16.6. The van der Waals surface area contributed by atoms with E-state index in [1.165, 1.54) is 6.07 Å². The summed E-state index contributed by atoms with van der Waals surface area (Å²) >= 11 is 0. The van der Waals surface area contributed by atoms with Crippen molar-refractivity contribution in [3.8, 4) is 6.07 Å². The molecule has 0 bridgehead atoms. The monoisotopic (exact) mass is 404 g/mol. The number of likely N-dealkylation sites (N-methyl/N-ethyl adjacent to an activating group) is 1. The number of halogens is 3. The van der Waals surface area contributed by atoms with Crippen LogP contribution in [0.1, 0.15) is 24.0 Å². The van der Waals surface area contributed by atoms with E-state index >= 15 is 0 Å². The standard InChI is InChI=1S/C20H23F3N6/c1-27(2)19-25-10-9-18(26-19)28(3)14-6-5-11-29(13-14)17-8-4-7-16(15(17)12-24)20(21,22)23/h4,7-10,14H,5-6,11,13H2,1-3H3. The highest BCUT2D eigenvalue weighted by Crippen LogP contribution is 2.37. The van der Waals surface area contributed by atoms with E-state index in [0.29, 0.717) is 24.7 Å². The quantitative estimate of drug-likeness (QED) is 0.777. The molecule has 1 atom stereocenters. The maximum atomic E-state index is 13.3. The smallest absolute Gasteiger partial charge is 0.368 e. The van der Waals surface area contributed by atoms with Crippen molar-refractivity contribution in [3.63, 3.8) is 0 Å². The number of rotatable bonds is 4. The van der Waals surface area contributed by atoms with Crippen LogP contribution in [-0.4, -0.2) is 50.2 Å². The van der Waals surface area contributed by atoms with Gasteiger partial charge in [0.25, 0.3) is 0 Å². The molecule has 0 radical (unpaired) electrons. The Morgan fingerprint density at radius 2 is 1.97 bits per heavy atom. The van der Waals surface area contributed by atoms with Crippen molar-refractivity contribution < 1.29 is 13.2 Å². The van der Waals surface area contributed by atoms with Crippen molar-refractivity contribution in [2.24, 2.45) is 0 Å².